The zero-order chi connectivity index (χ0) is 23.4. The third-order valence-electron chi connectivity index (χ3n) is 6.42. The summed E-state index contributed by atoms with van der Waals surface area (Å²) in [6, 6.07) is 9.93. The van der Waals surface area contributed by atoms with E-state index < -0.39 is 10.2 Å². The Morgan fingerprint density at radius 1 is 1.21 bits per heavy atom. The maximum absolute atomic E-state index is 12.7. The van der Waals surface area contributed by atoms with Crippen LogP contribution in [0.4, 0.5) is 0 Å². The Labute approximate surface area is 194 Å². The van der Waals surface area contributed by atoms with Crippen molar-refractivity contribution in [3.8, 4) is 0 Å². The molecule has 1 aromatic heterocycles. The van der Waals surface area contributed by atoms with Gasteiger partial charge in [0.05, 0.1) is 18.7 Å². The Morgan fingerprint density at radius 3 is 2.48 bits per heavy atom. The lowest BCUT2D eigenvalue weighted by atomic mass is 9.90. The van der Waals surface area contributed by atoms with Gasteiger partial charge in [0.15, 0.2) is 5.43 Å². The minimum Gasteiger partial charge on any atom is -0.467 e. The number of aliphatic hydroxyl groups excluding tert-OH is 1. The first-order valence-electron chi connectivity index (χ1n) is 11.3. The lowest BCUT2D eigenvalue weighted by Gasteiger charge is -2.31. The first-order chi connectivity index (χ1) is 15.9. The highest BCUT2D eigenvalue weighted by Gasteiger charge is 2.28. The molecule has 4 rings (SSSR count). The van der Waals surface area contributed by atoms with Gasteiger partial charge in [0.1, 0.15) is 12.0 Å². The van der Waals surface area contributed by atoms with Crippen molar-refractivity contribution in [3.63, 3.8) is 0 Å². The van der Waals surface area contributed by atoms with Gasteiger partial charge >= 0.3 is 0 Å². The van der Waals surface area contributed by atoms with Gasteiger partial charge in [0, 0.05) is 38.8 Å². The van der Waals surface area contributed by atoms with Crippen LogP contribution < -0.4 is 10.2 Å². The van der Waals surface area contributed by atoms with Crippen LogP contribution >= 0.6 is 0 Å². The molecule has 0 bridgehead atoms. The van der Waals surface area contributed by atoms with Crippen LogP contribution in [0.2, 0.25) is 0 Å². The average Bonchev–Trinajstić information content (AvgIpc) is 3.22. The van der Waals surface area contributed by atoms with Gasteiger partial charge in [0.2, 0.25) is 0 Å². The Kier molecular flexibility index (Phi) is 7.45. The second-order valence-corrected chi connectivity index (χ2v) is 10.5. The molecule has 0 radical (unpaired) electrons. The average molecular weight is 474 g/mol. The molecule has 0 unspecified atom stereocenters. The second-order valence-electron chi connectivity index (χ2n) is 8.76. The monoisotopic (exact) mass is 473 g/mol. The van der Waals surface area contributed by atoms with E-state index in [9.17, 15) is 13.2 Å². The fourth-order valence-electron chi connectivity index (χ4n) is 4.57. The highest BCUT2D eigenvalue weighted by Crippen LogP contribution is 2.27. The largest absolute Gasteiger partial charge is 0.467 e. The lowest BCUT2D eigenvalue weighted by Crippen LogP contribution is -2.45. The quantitative estimate of drug-likeness (QED) is 0.609. The molecule has 2 N–H and O–H groups in total. The molecule has 1 fully saturated rings. The van der Waals surface area contributed by atoms with E-state index in [1.54, 1.807) is 6.07 Å². The standard InChI is InChI=1S/C24H31N3O5S/c1-18(19-6-9-27(10-7-19)33(30,31)25-8-11-28)12-22-17-32-23(13-24(22)29)16-26-14-20-4-2-3-5-21(20)15-26/h2-5,12-13,17,19,25,28H,6-11,14-16H2,1H3/b18-12+. The topological polar surface area (TPSA) is 103 Å². The zero-order valence-electron chi connectivity index (χ0n) is 18.9. The molecule has 8 nitrogen and oxygen atoms in total. The van der Waals surface area contributed by atoms with Crippen LogP contribution in [0.1, 0.15) is 42.2 Å². The molecule has 0 aliphatic carbocycles. The maximum atomic E-state index is 12.7. The van der Waals surface area contributed by atoms with E-state index >= 15 is 0 Å². The van der Waals surface area contributed by atoms with Crippen molar-refractivity contribution in [3.05, 3.63) is 74.8 Å². The van der Waals surface area contributed by atoms with E-state index in [0.29, 0.717) is 43.8 Å². The van der Waals surface area contributed by atoms with Gasteiger partial charge in [-0.1, -0.05) is 29.8 Å². The van der Waals surface area contributed by atoms with Gasteiger partial charge in [-0.05, 0) is 42.9 Å². The molecule has 0 spiro atoms. The molecule has 2 aliphatic rings. The molecule has 33 heavy (non-hydrogen) atoms. The molecule has 3 heterocycles. The number of benzene rings is 1. The normalized spacial score (nSPS) is 18.5. The van der Waals surface area contributed by atoms with E-state index in [1.165, 1.54) is 21.7 Å². The van der Waals surface area contributed by atoms with Crippen molar-refractivity contribution in [2.75, 3.05) is 26.2 Å². The van der Waals surface area contributed by atoms with Crippen molar-refractivity contribution < 1.29 is 17.9 Å². The molecule has 9 heteroatoms. The maximum Gasteiger partial charge on any atom is 0.279 e. The molecule has 0 amide bonds. The number of piperidine rings is 1. The van der Waals surface area contributed by atoms with Crippen molar-refractivity contribution in [1.29, 1.82) is 0 Å². The molecule has 0 atom stereocenters. The number of rotatable bonds is 8. The van der Waals surface area contributed by atoms with Crippen LogP contribution in [0, 0.1) is 5.92 Å². The summed E-state index contributed by atoms with van der Waals surface area (Å²) in [5.74, 6) is 0.855. The Morgan fingerprint density at radius 2 is 1.88 bits per heavy atom. The van der Waals surface area contributed by atoms with E-state index in [0.717, 1.165) is 18.7 Å². The molecule has 2 aromatic rings. The molecular formula is C24H31N3O5S. The summed E-state index contributed by atoms with van der Waals surface area (Å²) in [6.07, 6.45) is 4.76. The Balaban J connectivity index is 1.35. The predicted octanol–water partition coefficient (Wildman–Crippen LogP) is 2.10. The fraction of sp³-hybridized carbons (Fsp3) is 0.458. The van der Waals surface area contributed by atoms with E-state index in [2.05, 4.69) is 21.8 Å². The summed E-state index contributed by atoms with van der Waals surface area (Å²) in [5, 5.41) is 8.84. The zero-order valence-corrected chi connectivity index (χ0v) is 19.7. The number of hydrogen-bond donors (Lipinski definition) is 2. The van der Waals surface area contributed by atoms with Gasteiger partial charge in [-0.25, -0.2) is 0 Å². The van der Waals surface area contributed by atoms with Crippen molar-refractivity contribution >= 4 is 16.3 Å². The smallest absolute Gasteiger partial charge is 0.279 e. The van der Waals surface area contributed by atoms with Gasteiger partial charge in [-0.15, -0.1) is 0 Å². The van der Waals surface area contributed by atoms with Crippen LogP contribution in [-0.2, 0) is 29.8 Å². The third kappa shape index (κ3) is 5.80. The summed E-state index contributed by atoms with van der Waals surface area (Å²) < 4.78 is 34.0. The summed E-state index contributed by atoms with van der Waals surface area (Å²) in [5.41, 5.74) is 4.13. The molecule has 0 saturated carbocycles. The van der Waals surface area contributed by atoms with Gasteiger partial charge in [-0.2, -0.15) is 17.4 Å². The number of fused-ring (bicyclic) bond motifs is 1. The lowest BCUT2D eigenvalue weighted by molar-refractivity contribution is 0.248. The first-order valence-corrected chi connectivity index (χ1v) is 12.7. The molecule has 178 valence electrons. The first kappa shape index (κ1) is 23.8. The van der Waals surface area contributed by atoms with Gasteiger partial charge in [0.25, 0.3) is 10.2 Å². The predicted molar refractivity (Wildman–Crippen MR) is 126 cm³/mol. The minimum absolute atomic E-state index is 0.0116. The van der Waals surface area contributed by atoms with Crippen LogP contribution in [0.5, 0.6) is 0 Å². The summed E-state index contributed by atoms with van der Waals surface area (Å²) in [4.78, 5) is 14.9. The Hall–Kier alpha value is -2.30. The Bertz CT molecular complexity index is 1140. The van der Waals surface area contributed by atoms with Crippen LogP contribution in [0.25, 0.3) is 6.08 Å². The fourth-order valence-corrected chi connectivity index (χ4v) is 5.79. The highest BCUT2D eigenvalue weighted by molar-refractivity contribution is 7.87. The number of hydrogen-bond acceptors (Lipinski definition) is 6. The minimum atomic E-state index is -3.56. The van der Waals surface area contributed by atoms with Crippen molar-refractivity contribution in [2.24, 2.45) is 5.92 Å². The van der Waals surface area contributed by atoms with E-state index in [4.69, 9.17) is 9.52 Å². The van der Waals surface area contributed by atoms with Crippen LogP contribution in [0.15, 0.2) is 51.4 Å². The summed E-state index contributed by atoms with van der Waals surface area (Å²) >= 11 is 0. The van der Waals surface area contributed by atoms with Crippen LogP contribution in [0.3, 0.4) is 0 Å². The van der Waals surface area contributed by atoms with Gasteiger partial charge < -0.3 is 9.52 Å². The second kappa shape index (κ2) is 10.3. The summed E-state index contributed by atoms with van der Waals surface area (Å²) in [6.45, 7) is 4.86. The molecular weight excluding hydrogens is 442 g/mol. The van der Waals surface area contributed by atoms with Gasteiger partial charge in [-0.3, -0.25) is 9.69 Å². The summed E-state index contributed by atoms with van der Waals surface area (Å²) in [7, 11) is -3.56. The number of nitrogens with one attached hydrogen (secondary N) is 1. The van der Waals surface area contributed by atoms with Crippen molar-refractivity contribution in [1.82, 2.24) is 13.9 Å². The number of aliphatic hydroxyl groups is 1. The van der Waals surface area contributed by atoms with E-state index in [1.807, 2.05) is 25.1 Å². The SMILES string of the molecule is C/C(=C\c1coc(CN2Cc3ccccc3C2)cc1=O)C1CCN(S(=O)(=O)NCCO)CC1. The van der Waals surface area contributed by atoms with Crippen molar-refractivity contribution in [2.45, 2.75) is 39.4 Å². The molecule has 2 aliphatic heterocycles. The number of allylic oxidation sites excluding steroid dienone is 1. The number of nitrogens with zero attached hydrogens (tertiary/aromatic N) is 2. The molecule has 1 aromatic carbocycles. The molecule has 1 saturated heterocycles. The van der Waals surface area contributed by atoms with E-state index in [-0.39, 0.29) is 24.5 Å². The van der Waals surface area contributed by atoms with Crippen LogP contribution in [-0.4, -0.2) is 49.0 Å². The highest BCUT2D eigenvalue weighted by atomic mass is 32.2. The third-order valence-corrected chi connectivity index (χ3v) is 8.03.